The fourth-order valence-electron chi connectivity index (χ4n) is 1.96. The quantitative estimate of drug-likeness (QED) is 0.763. The number of aromatic hydroxyl groups is 1. The lowest BCUT2D eigenvalue weighted by Crippen LogP contribution is -1.98. The lowest BCUT2D eigenvalue weighted by molar-refractivity contribution is 0.100. The summed E-state index contributed by atoms with van der Waals surface area (Å²) in [6.07, 6.45) is 0. The van der Waals surface area contributed by atoms with Crippen LogP contribution in [0.1, 0.15) is 21.5 Å². The maximum absolute atomic E-state index is 11.4. The van der Waals surface area contributed by atoms with Crippen molar-refractivity contribution in [3.8, 4) is 5.88 Å². The lowest BCUT2D eigenvalue weighted by atomic mass is 10.0. The molecule has 0 saturated carbocycles. The van der Waals surface area contributed by atoms with Gasteiger partial charge in [0.25, 0.3) is 0 Å². The molecule has 86 valence electrons. The Bertz CT molecular complexity index is 630. The molecule has 1 aromatic carbocycles. The molecule has 2 aromatic rings. The highest BCUT2D eigenvalue weighted by atomic mass is 16.3. The number of aromatic nitrogens is 1. The highest BCUT2D eigenvalue weighted by Gasteiger charge is 2.15. The van der Waals surface area contributed by atoms with E-state index in [1.54, 1.807) is 6.07 Å². The van der Waals surface area contributed by atoms with Gasteiger partial charge in [0.15, 0.2) is 0 Å². The van der Waals surface area contributed by atoms with Crippen molar-refractivity contribution >= 4 is 16.8 Å². The van der Waals surface area contributed by atoms with Gasteiger partial charge in [-0.3, -0.25) is 4.79 Å². The van der Waals surface area contributed by atoms with Crippen molar-refractivity contribution < 1.29 is 9.90 Å². The first-order valence-electron chi connectivity index (χ1n) is 5.01. The van der Waals surface area contributed by atoms with E-state index in [0.717, 1.165) is 17.2 Å². The minimum absolute atomic E-state index is 0.0833. The molecule has 1 N–H and O–H groups in total. The molecule has 0 atom stereocenters. The van der Waals surface area contributed by atoms with E-state index in [1.165, 1.54) is 0 Å². The van der Waals surface area contributed by atoms with Crippen LogP contribution in [0.2, 0.25) is 0 Å². The number of benzene rings is 1. The zero-order chi connectivity index (χ0) is 12.6. The SMILES string of the molecule is Cc1cc(C)c2c(C(=O)N=O)cc(O)nc2c1. The Labute approximate surface area is 97.1 Å². The van der Waals surface area contributed by atoms with Gasteiger partial charge < -0.3 is 5.11 Å². The highest BCUT2D eigenvalue weighted by Crippen LogP contribution is 2.26. The van der Waals surface area contributed by atoms with Crippen molar-refractivity contribution in [2.45, 2.75) is 13.8 Å². The Morgan fingerprint density at radius 3 is 2.65 bits per heavy atom. The summed E-state index contributed by atoms with van der Waals surface area (Å²) in [5, 5.41) is 12.4. The number of rotatable bonds is 1. The summed E-state index contributed by atoms with van der Waals surface area (Å²) < 4.78 is 0. The molecule has 17 heavy (non-hydrogen) atoms. The number of pyridine rings is 1. The number of hydrogen-bond donors (Lipinski definition) is 1. The number of amides is 1. The van der Waals surface area contributed by atoms with E-state index >= 15 is 0 Å². The molecule has 0 saturated heterocycles. The van der Waals surface area contributed by atoms with E-state index in [4.69, 9.17) is 0 Å². The van der Waals surface area contributed by atoms with Gasteiger partial charge in [-0.05, 0) is 31.0 Å². The van der Waals surface area contributed by atoms with E-state index in [1.807, 2.05) is 19.9 Å². The molecule has 5 nitrogen and oxygen atoms in total. The molecule has 0 spiro atoms. The second kappa shape index (κ2) is 3.93. The number of nitrogens with zero attached hydrogens (tertiary/aromatic N) is 2. The van der Waals surface area contributed by atoms with Gasteiger partial charge in [-0.15, -0.1) is 4.91 Å². The molecule has 1 aromatic heterocycles. The third-order valence-electron chi connectivity index (χ3n) is 2.55. The molecule has 0 radical (unpaired) electrons. The van der Waals surface area contributed by atoms with Crippen LogP contribution in [0, 0.1) is 18.8 Å². The molecule has 1 heterocycles. The summed E-state index contributed by atoms with van der Waals surface area (Å²) >= 11 is 0. The molecule has 0 fully saturated rings. The van der Waals surface area contributed by atoms with Crippen molar-refractivity contribution in [3.05, 3.63) is 39.8 Å². The van der Waals surface area contributed by atoms with Gasteiger partial charge in [0.05, 0.1) is 11.1 Å². The Morgan fingerprint density at radius 2 is 2.00 bits per heavy atom. The second-order valence-corrected chi connectivity index (χ2v) is 3.90. The van der Waals surface area contributed by atoms with Crippen LogP contribution in [-0.2, 0) is 0 Å². The first-order chi connectivity index (χ1) is 8.02. The number of fused-ring (bicyclic) bond motifs is 1. The van der Waals surface area contributed by atoms with Crippen molar-refractivity contribution in [3.63, 3.8) is 0 Å². The molecule has 0 aliphatic heterocycles. The third-order valence-corrected chi connectivity index (χ3v) is 2.55. The predicted octanol–water partition coefficient (Wildman–Crippen LogP) is 2.46. The maximum Gasteiger partial charge on any atom is 0.317 e. The van der Waals surface area contributed by atoms with Gasteiger partial charge in [0, 0.05) is 16.6 Å². The van der Waals surface area contributed by atoms with Gasteiger partial charge in [-0.25, -0.2) is 4.98 Å². The van der Waals surface area contributed by atoms with Crippen molar-refractivity contribution in [2.75, 3.05) is 0 Å². The zero-order valence-electron chi connectivity index (χ0n) is 9.39. The Balaban J connectivity index is 2.92. The number of nitroso groups, excluding NO2 is 1. The van der Waals surface area contributed by atoms with Crippen LogP contribution in [0.25, 0.3) is 10.9 Å². The van der Waals surface area contributed by atoms with Gasteiger partial charge in [-0.2, -0.15) is 0 Å². The molecule has 0 aliphatic rings. The molecule has 0 bridgehead atoms. The molecular formula is C12H10N2O3. The van der Waals surface area contributed by atoms with Crippen LogP contribution in [0.5, 0.6) is 5.88 Å². The van der Waals surface area contributed by atoms with Crippen LogP contribution in [0.15, 0.2) is 23.4 Å². The largest absolute Gasteiger partial charge is 0.493 e. The molecule has 1 amide bonds. The highest BCUT2D eigenvalue weighted by molar-refractivity contribution is 6.08. The number of carbonyl (C=O) groups is 1. The first kappa shape index (κ1) is 11.2. The second-order valence-electron chi connectivity index (χ2n) is 3.90. The number of hydrogen-bond acceptors (Lipinski definition) is 4. The smallest absolute Gasteiger partial charge is 0.317 e. The van der Waals surface area contributed by atoms with Crippen LogP contribution in [0.4, 0.5) is 0 Å². The topological polar surface area (TPSA) is 79.6 Å². The van der Waals surface area contributed by atoms with E-state index < -0.39 is 5.91 Å². The van der Waals surface area contributed by atoms with E-state index in [2.05, 4.69) is 10.2 Å². The minimum atomic E-state index is -0.903. The number of aryl methyl sites for hydroxylation is 2. The molecule has 0 unspecified atom stereocenters. The van der Waals surface area contributed by atoms with Crippen LogP contribution >= 0.6 is 0 Å². The van der Waals surface area contributed by atoms with Crippen LogP contribution in [0.3, 0.4) is 0 Å². The summed E-state index contributed by atoms with van der Waals surface area (Å²) in [4.78, 5) is 25.7. The van der Waals surface area contributed by atoms with E-state index in [9.17, 15) is 14.8 Å². The van der Waals surface area contributed by atoms with Crippen LogP contribution in [-0.4, -0.2) is 16.0 Å². The fraction of sp³-hybridized carbons (Fsp3) is 0.167. The summed E-state index contributed by atoms with van der Waals surface area (Å²) in [6.45, 7) is 3.70. The predicted molar refractivity (Wildman–Crippen MR) is 63.0 cm³/mol. The van der Waals surface area contributed by atoms with Gasteiger partial charge in [-0.1, -0.05) is 6.07 Å². The maximum atomic E-state index is 11.4. The molecule has 2 rings (SSSR count). The summed E-state index contributed by atoms with van der Waals surface area (Å²) in [5.74, 6) is -1.20. The van der Waals surface area contributed by atoms with E-state index in [0.29, 0.717) is 10.9 Å². The van der Waals surface area contributed by atoms with Gasteiger partial charge in [0.1, 0.15) is 0 Å². The Hall–Kier alpha value is -2.30. The number of carbonyl (C=O) groups excluding carboxylic acids is 1. The van der Waals surface area contributed by atoms with Crippen molar-refractivity contribution in [2.24, 2.45) is 5.18 Å². The summed E-state index contributed by atoms with van der Waals surface area (Å²) in [5.41, 5.74) is 2.35. The first-order valence-corrected chi connectivity index (χ1v) is 5.01. The normalized spacial score (nSPS) is 10.5. The standard InChI is InChI=1S/C12H10N2O3/c1-6-3-7(2)11-8(12(16)14-17)5-10(15)13-9(11)4-6/h3-5H,1-2H3,(H,13,15). The average molecular weight is 230 g/mol. The Morgan fingerprint density at radius 1 is 1.29 bits per heavy atom. The van der Waals surface area contributed by atoms with Crippen molar-refractivity contribution in [1.29, 1.82) is 0 Å². The monoisotopic (exact) mass is 230 g/mol. The van der Waals surface area contributed by atoms with Gasteiger partial charge in [0.2, 0.25) is 5.88 Å². The van der Waals surface area contributed by atoms with Crippen molar-refractivity contribution in [1.82, 2.24) is 4.98 Å². The van der Waals surface area contributed by atoms with Gasteiger partial charge >= 0.3 is 5.91 Å². The van der Waals surface area contributed by atoms with E-state index in [-0.39, 0.29) is 11.4 Å². The minimum Gasteiger partial charge on any atom is -0.493 e. The summed E-state index contributed by atoms with van der Waals surface area (Å²) in [7, 11) is 0. The lowest BCUT2D eigenvalue weighted by Gasteiger charge is -2.07. The Kier molecular flexibility index (Phi) is 2.59. The summed E-state index contributed by atoms with van der Waals surface area (Å²) in [6, 6.07) is 4.78. The molecule has 5 heteroatoms. The zero-order valence-corrected chi connectivity index (χ0v) is 9.39. The third kappa shape index (κ3) is 1.87. The molecular weight excluding hydrogens is 220 g/mol. The fourth-order valence-corrected chi connectivity index (χ4v) is 1.96. The average Bonchev–Trinajstić information content (AvgIpc) is 2.25. The molecule has 0 aliphatic carbocycles. The van der Waals surface area contributed by atoms with Crippen LogP contribution < -0.4 is 0 Å².